The van der Waals surface area contributed by atoms with Gasteiger partial charge in [0.25, 0.3) is 0 Å². The molecule has 2 aromatic carbocycles. The first-order valence-corrected chi connectivity index (χ1v) is 7.08. The number of nitrogens with two attached hydrogens (primary N) is 1. The summed E-state index contributed by atoms with van der Waals surface area (Å²) in [7, 11) is 1.62. The van der Waals surface area contributed by atoms with Crippen LogP contribution in [0.1, 0.15) is 5.56 Å². The normalized spacial score (nSPS) is 11.0. The number of halogens is 2. The van der Waals surface area contributed by atoms with Crippen molar-refractivity contribution in [2.45, 2.75) is 6.54 Å². The summed E-state index contributed by atoms with van der Waals surface area (Å²) < 4.78 is 7.25. The Morgan fingerprint density at radius 1 is 1.24 bits per heavy atom. The van der Waals surface area contributed by atoms with Gasteiger partial charge in [-0.1, -0.05) is 29.3 Å². The predicted octanol–water partition coefficient (Wildman–Crippen LogP) is 3.98. The van der Waals surface area contributed by atoms with Crippen LogP contribution < -0.4 is 10.5 Å². The molecule has 3 rings (SSSR count). The van der Waals surface area contributed by atoms with Crippen molar-refractivity contribution in [1.29, 1.82) is 0 Å². The Morgan fingerprint density at radius 2 is 2.05 bits per heavy atom. The number of rotatable bonds is 3. The highest BCUT2D eigenvalue weighted by Gasteiger charge is 2.13. The van der Waals surface area contributed by atoms with Gasteiger partial charge < -0.3 is 15.0 Å². The maximum Gasteiger partial charge on any atom is 0.201 e. The van der Waals surface area contributed by atoms with Gasteiger partial charge in [0.15, 0.2) is 0 Å². The number of ether oxygens (including phenoxy) is 1. The molecule has 0 spiro atoms. The van der Waals surface area contributed by atoms with E-state index in [1.165, 1.54) is 0 Å². The molecule has 1 heterocycles. The standard InChI is InChI=1S/C15H13Cl2N3O/c1-21-14-4-2-3-11(17)10(14)8-20-13-6-5-9(16)7-12(13)19-15(20)18/h2-7H,8H2,1H3,(H2,18,19). The lowest BCUT2D eigenvalue weighted by Gasteiger charge is -2.12. The van der Waals surface area contributed by atoms with E-state index in [2.05, 4.69) is 4.98 Å². The number of hydrogen-bond donors (Lipinski definition) is 1. The Bertz CT molecular complexity index is 814. The molecule has 6 heteroatoms. The van der Waals surface area contributed by atoms with E-state index in [0.29, 0.717) is 22.5 Å². The van der Waals surface area contributed by atoms with Crippen molar-refractivity contribution in [2.75, 3.05) is 12.8 Å². The molecular weight excluding hydrogens is 309 g/mol. The topological polar surface area (TPSA) is 53.1 Å². The summed E-state index contributed by atoms with van der Waals surface area (Å²) in [5.74, 6) is 1.13. The van der Waals surface area contributed by atoms with Crippen molar-refractivity contribution < 1.29 is 4.74 Å². The van der Waals surface area contributed by atoms with Crippen LogP contribution in [0.3, 0.4) is 0 Å². The van der Waals surface area contributed by atoms with Crippen molar-refractivity contribution in [2.24, 2.45) is 0 Å². The van der Waals surface area contributed by atoms with E-state index >= 15 is 0 Å². The minimum atomic E-state index is 0.411. The molecule has 0 unspecified atom stereocenters. The molecule has 0 saturated heterocycles. The highest BCUT2D eigenvalue weighted by atomic mass is 35.5. The number of imidazole rings is 1. The summed E-state index contributed by atoms with van der Waals surface area (Å²) in [5, 5.41) is 1.26. The number of methoxy groups -OCH3 is 1. The number of nitrogen functional groups attached to an aromatic ring is 1. The summed E-state index contributed by atoms with van der Waals surface area (Å²) in [6, 6.07) is 11.0. The third-order valence-electron chi connectivity index (χ3n) is 3.35. The molecule has 0 aliphatic carbocycles. The van der Waals surface area contributed by atoms with Gasteiger partial charge in [-0.05, 0) is 30.3 Å². The van der Waals surface area contributed by atoms with Gasteiger partial charge in [0.05, 0.1) is 24.7 Å². The molecule has 0 aliphatic rings. The van der Waals surface area contributed by atoms with Gasteiger partial charge in [-0.2, -0.15) is 0 Å². The number of fused-ring (bicyclic) bond motifs is 1. The molecule has 4 nitrogen and oxygen atoms in total. The SMILES string of the molecule is COc1cccc(Cl)c1Cn1c(N)nc2cc(Cl)ccc21. The van der Waals surface area contributed by atoms with Gasteiger partial charge in [-0.3, -0.25) is 0 Å². The van der Waals surface area contributed by atoms with Crippen LogP contribution in [0.5, 0.6) is 5.75 Å². The summed E-state index contributed by atoms with van der Waals surface area (Å²) in [5.41, 5.74) is 8.54. The molecule has 108 valence electrons. The number of aromatic nitrogens is 2. The van der Waals surface area contributed by atoms with Crippen LogP contribution in [0.4, 0.5) is 5.95 Å². The monoisotopic (exact) mass is 321 g/mol. The first-order valence-electron chi connectivity index (χ1n) is 6.33. The first kappa shape index (κ1) is 14.0. The molecule has 0 atom stereocenters. The zero-order chi connectivity index (χ0) is 15.0. The fourth-order valence-electron chi connectivity index (χ4n) is 2.33. The van der Waals surface area contributed by atoms with Crippen LogP contribution in [-0.2, 0) is 6.54 Å². The maximum atomic E-state index is 6.28. The lowest BCUT2D eigenvalue weighted by atomic mass is 10.2. The third-order valence-corrected chi connectivity index (χ3v) is 3.94. The first-order chi connectivity index (χ1) is 10.1. The number of hydrogen-bond acceptors (Lipinski definition) is 3. The Labute approximate surface area is 132 Å². The zero-order valence-electron chi connectivity index (χ0n) is 11.3. The van der Waals surface area contributed by atoms with Gasteiger partial charge in [0.2, 0.25) is 5.95 Å². The highest BCUT2D eigenvalue weighted by molar-refractivity contribution is 6.31. The average molecular weight is 322 g/mol. The summed E-state index contributed by atoms with van der Waals surface area (Å²) >= 11 is 12.3. The summed E-state index contributed by atoms with van der Waals surface area (Å²) in [6.45, 7) is 0.479. The summed E-state index contributed by atoms with van der Waals surface area (Å²) in [6.07, 6.45) is 0. The smallest absolute Gasteiger partial charge is 0.201 e. The maximum absolute atomic E-state index is 6.28. The van der Waals surface area contributed by atoms with E-state index in [9.17, 15) is 0 Å². The van der Waals surface area contributed by atoms with E-state index in [1.54, 1.807) is 13.2 Å². The average Bonchev–Trinajstić information content (AvgIpc) is 2.76. The van der Waals surface area contributed by atoms with E-state index in [4.69, 9.17) is 33.7 Å². The summed E-state index contributed by atoms with van der Waals surface area (Å²) in [4.78, 5) is 4.33. The van der Waals surface area contributed by atoms with Gasteiger partial charge in [0, 0.05) is 15.6 Å². The van der Waals surface area contributed by atoms with Crippen molar-refractivity contribution in [3.63, 3.8) is 0 Å². The lowest BCUT2D eigenvalue weighted by Crippen LogP contribution is -2.06. The van der Waals surface area contributed by atoms with Crippen LogP contribution in [0, 0.1) is 0 Å². The molecule has 3 aromatic rings. The number of nitrogens with zero attached hydrogens (tertiary/aromatic N) is 2. The molecule has 0 aliphatic heterocycles. The van der Waals surface area contributed by atoms with Gasteiger partial charge >= 0.3 is 0 Å². The molecule has 21 heavy (non-hydrogen) atoms. The second kappa shape index (κ2) is 5.47. The van der Waals surface area contributed by atoms with Gasteiger partial charge in [0.1, 0.15) is 5.75 Å². The van der Waals surface area contributed by atoms with E-state index in [0.717, 1.165) is 22.3 Å². The fourth-order valence-corrected chi connectivity index (χ4v) is 2.72. The van der Waals surface area contributed by atoms with E-state index in [-0.39, 0.29) is 0 Å². The van der Waals surface area contributed by atoms with Crippen molar-refractivity contribution in [1.82, 2.24) is 9.55 Å². The Kier molecular flexibility index (Phi) is 3.66. The lowest BCUT2D eigenvalue weighted by molar-refractivity contribution is 0.409. The molecule has 0 bridgehead atoms. The second-order valence-electron chi connectivity index (χ2n) is 4.61. The van der Waals surface area contributed by atoms with E-state index < -0.39 is 0 Å². The van der Waals surface area contributed by atoms with E-state index in [1.807, 2.05) is 34.9 Å². The molecule has 2 N–H and O–H groups in total. The highest BCUT2D eigenvalue weighted by Crippen LogP contribution is 2.30. The van der Waals surface area contributed by atoms with Crippen LogP contribution >= 0.6 is 23.2 Å². The number of benzene rings is 2. The Hall–Kier alpha value is -1.91. The number of anilines is 1. The molecular formula is C15H13Cl2N3O. The fraction of sp³-hybridized carbons (Fsp3) is 0.133. The molecule has 0 radical (unpaired) electrons. The third kappa shape index (κ3) is 2.52. The molecule has 0 saturated carbocycles. The minimum Gasteiger partial charge on any atom is -0.496 e. The molecule has 0 fully saturated rings. The van der Waals surface area contributed by atoms with Gasteiger partial charge in [-0.15, -0.1) is 0 Å². The van der Waals surface area contributed by atoms with Crippen LogP contribution in [0.25, 0.3) is 11.0 Å². The van der Waals surface area contributed by atoms with Crippen molar-refractivity contribution in [3.05, 3.63) is 52.0 Å². The van der Waals surface area contributed by atoms with Crippen LogP contribution in [-0.4, -0.2) is 16.7 Å². The predicted molar refractivity (Wildman–Crippen MR) is 86.3 cm³/mol. The quantitative estimate of drug-likeness (QED) is 0.793. The van der Waals surface area contributed by atoms with Crippen LogP contribution in [0.15, 0.2) is 36.4 Å². The molecule has 0 amide bonds. The molecule has 1 aromatic heterocycles. The van der Waals surface area contributed by atoms with Crippen LogP contribution in [0.2, 0.25) is 10.0 Å². The largest absolute Gasteiger partial charge is 0.496 e. The Balaban J connectivity index is 2.12. The van der Waals surface area contributed by atoms with Crippen molar-refractivity contribution >= 4 is 40.2 Å². The minimum absolute atomic E-state index is 0.411. The second-order valence-corrected chi connectivity index (χ2v) is 5.45. The Morgan fingerprint density at radius 3 is 2.81 bits per heavy atom. The van der Waals surface area contributed by atoms with Gasteiger partial charge in [-0.25, -0.2) is 4.98 Å². The van der Waals surface area contributed by atoms with Crippen molar-refractivity contribution in [3.8, 4) is 5.75 Å². The zero-order valence-corrected chi connectivity index (χ0v) is 12.8.